The van der Waals surface area contributed by atoms with Crippen LogP contribution in [0.1, 0.15) is 0 Å². The number of hydrogen-bond donors (Lipinski definition) is 0. The molecule has 0 aliphatic carbocycles. The molecule has 2 aromatic heterocycles. The molecule has 0 bridgehead atoms. The Bertz CT molecular complexity index is 963. The van der Waals surface area contributed by atoms with Crippen LogP contribution in [0.2, 0.25) is 5.02 Å². The monoisotopic (exact) mass is 361 g/mol. The van der Waals surface area contributed by atoms with Crippen molar-refractivity contribution in [2.45, 2.75) is 6.04 Å². The fourth-order valence-corrected chi connectivity index (χ4v) is 4.05. The van der Waals surface area contributed by atoms with Gasteiger partial charge in [0.2, 0.25) is 0 Å². The standard InChI is InChI=1S/C16H16ClN5OS/c1-20(16-19-15-12(17)4-3-5-13(15)24-16)11-8-22(9-11)10-6-14(23)21(2)18-7-10/h3-7,11H,8-9H2,1-2H3. The molecule has 4 rings (SSSR count). The van der Waals surface area contributed by atoms with E-state index in [1.165, 1.54) is 4.68 Å². The molecule has 1 fully saturated rings. The Kier molecular flexibility index (Phi) is 3.69. The molecule has 0 unspecified atom stereocenters. The number of rotatable bonds is 3. The van der Waals surface area contributed by atoms with Gasteiger partial charge < -0.3 is 9.80 Å². The minimum atomic E-state index is -0.0925. The van der Waals surface area contributed by atoms with Crippen LogP contribution in [-0.2, 0) is 7.05 Å². The molecule has 0 radical (unpaired) electrons. The minimum Gasteiger partial charge on any atom is -0.366 e. The number of likely N-dealkylation sites (N-methyl/N-ethyl adjacent to an activating group) is 1. The summed E-state index contributed by atoms with van der Waals surface area (Å²) in [6.45, 7) is 1.68. The minimum absolute atomic E-state index is 0.0925. The second-order valence-electron chi connectivity index (χ2n) is 5.93. The Morgan fingerprint density at radius 2 is 2.17 bits per heavy atom. The van der Waals surface area contributed by atoms with Crippen LogP contribution in [0, 0.1) is 0 Å². The molecule has 0 N–H and O–H groups in total. The lowest BCUT2D eigenvalue weighted by Gasteiger charge is -2.45. The van der Waals surface area contributed by atoms with Gasteiger partial charge in [-0.25, -0.2) is 9.67 Å². The number of benzene rings is 1. The van der Waals surface area contributed by atoms with Crippen molar-refractivity contribution in [2.24, 2.45) is 7.05 Å². The Morgan fingerprint density at radius 3 is 2.88 bits per heavy atom. The van der Waals surface area contributed by atoms with Crippen molar-refractivity contribution in [3.63, 3.8) is 0 Å². The van der Waals surface area contributed by atoms with Gasteiger partial charge in [0.05, 0.1) is 27.6 Å². The van der Waals surface area contributed by atoms with Gasteiger partial charge in [0.1, 0.15) is 5.52 Å². The molecule has 1 aromatic carbocycles. The zero-order valence-corrected chi connectivity index (χ0v) is 14.9. The summed E-state index contributed by atoms with van der Waals surface area (Å²) < 4.78 is 2.42. The molecule has 1 aliphatic heterocycles. The van der Waals surface area contributed by atoms with E-state index < -0.39 is 0 Å². The highest BCUT2D eigenvalue weighted by Gasteiger charge is 2.32. The van der Waals surface area contributed by atoms with Gasteiger partial charge >= 0.3 is 0 Å². The molecule has 3 aromatic rings. The Morgan fingerprint density at radius 1 is 1.38 bits per heavy atom. The molecule has 24 heavy (non-hydrogen) atoms. The molecule has 0 atom stereocenters. The molecule has 0 amide bonds. The number of hydrogen-bond acceptors (Lipinski definition) is 6. The van der Waals surface area contributed by atoms with Gasteiger partial charge in [-0.1, -0.05) is 29.0 Å². The fraction of sp³-hybridized carbons (Fsp3) is 0.312. The van der Waals surface area contributed by atoms with Crippen LogP contribution < -0.4 is 15.4 Å². The fourth-order valence-electron chi connectivity index (χ4n) is 2.75. The summed E-state index contributed by atoms with van der Waals surface area (Å²) in [5.74, 6) is 0. The van der Waals surface area contributed by atoms with Crippen molar-refractivity contribution in [2.75, 3.05) is 29.9 Å². The number of anilines is 2. The number of aromatic nitrogens is 3. The maximum Gasteiger partial charge on any atom is 0.268 e. The average molecular weight is 362 g/mol. The molecule has 6 nitrogen and oxygen atoms in total. The highest BCUT2D eigenvalue weighted by molar-refractivity contribution is 7.22. The first-order chi connectivity index (χ1) is 11.5. The summed E-state index contributed by atoms with van der Waals surface area (Å²) in [4.78, 5) is 20.7. The van der Waals surface area contributed by atoms with E-state index in [9.17, 15) is 4.79 Å². The first kappa shape index (κ1) is 15.4. The van der Waals surface area contributed by atoms with E-state index in [-0.39, 0.29) is 5.56 Å². The van der Waals surface area contributed by atoms with E-state index in [0.29, 0.717) is 11.1 Å². The molecule has 1 aliphatic rings. The summed E-state index contributed by atoms with van der Waals surface area (Å²) in [5.41, 5.74) is 1.64. The quantitative estimate of drug-likeness (QED) is 0.717. The van der Waals surface area contributed by atoms with Crippen LogP contribution in [0.5, 0.6) is 0 Å². The maximum absolute atomic E-state index is 11.7. The lowest BCUT2D eigenvalue weighted by atomic mass is 10.1. The highest BCUT2D eigenvalue weighted by Crippen LogP contribution is 2.34. The lowest BCUT2D eigenvalue weighted by molar-refractivity contribution is 0.494. The maximum atomic E-state index is 11.7. The van der Waals surface area contributed by atoms with Gasteiger partial charge in [-0.05, 0) is 12.1 Å². The number of thiazole rings is 1. The summed E-state index contributed by atoms with van der Waals surface area (Å²) in [6.07, 6.45) is 1.73. The molecule has 0 spiro atoms. The topological polar surface area (TPSA) is 54.3 Å². The Labute approximate surface area is 147 Å². The molecule has 8 heteroatoms. The first-order valence-electron chi connectivity index (χ1n) is 7.59. The van der Waals surface area contributed by atoms with Crippen LogP contribution in [0.4, 0.5) is 10.8 Å². The Hall–Kier alpha value is -2.12. The van der Waals surface area contributed by atoms with Gasteiger partial charge in [-0.3, -0.25) is 4.79 Å². The van der Waals surface area contributed by atoms with E-state index in [4.69, 9.17) is 11.6 Å². The van der Waals surface area contributed by atoms with Crippen LogP contribution in [0.25, 0.3) is 10.2 Å². The average Bonchev–Trinajstić information content (AvgIpc) is 2.95. The molecule has 124 valence electrons. The SMILES string of the molecule is CN(c1nc2c(Cl)cccc2s1)C1CN(c2cnn(C)c(=O)c2)C1. The lowest BCUT2D eigenvalue weighted by Crippen LogP contribution is -2.59. The zero-order chi connectivity index (χ0) is 16.8. The number of fused-ring (bicyclic) bond motifs is 1. The number of aryl methyl sites for hydroxylation is 1. The van der Waals surface area contributed by atoms with Crippen LogP contribution in [-0.4, -0.2) is 40.9 Å². The summed E-state index contributed by atoms with van der Waals surface area (Å²) in [6, 6.07) is 7.82. The normalized spacial score (nSPS) is 14.9. The Balaban J connectivity index is 1.50. The summed E-state index contributed by atoms with van der Waals surface area (Å²) in [5, 5.41) is 5.72. The van der Waals surface area contributed by atoms with Crippen LogP contribution in [0.15, 0.2) is 35.3 Å². The van der Waals surface area contributed by atoms with Gasteiger partial charge in [0.25, 0.3) is 5.56 Å². The molecular weight excluding hydrogens is 346 g/mol. The van der Waals surface area contributed by atoms with E-state index in [1.54, 1.807) is 30.6 Å². The van der Waals surface area contributed by atoms with Crippen LogP contribution in [0.3, 0.4) is 0 Å². The van der Waals surface area contributed by atoms with Crippen molar-refractivity contribution >= 4 is 44.0 Å². The van der Waals surface area contributed by atoms with Crippen molar-refractivity contribution < 1.29 is 0 Å². The van der Waals surface area contributed by atoms with Gasteiger partial charge in [0.15, 0.2) is 5.13 Å². The molecule has 0 saturated carbocycles. The van der Waals surface area contributed by atoms with Gasteiger partial charge in [-0.2, -0.15) is 5.10 Å². The van der Waals surface area contributed by atoms with Gasteiger partial charge in [0, 0.05) is 33.3 Å². The largest absolute Gasteiger partial charge is 0.366 e. The smallest absolute Gasteiger partial charge is 0.268 e. The predicted octanol–water partition coefficient (Wildman–Crippen LogP) is 2.37. The van der Waals surface area contributed by atoms with Gasteiger partial charge in [-0.15, -0.1) is 0 Å². The van der Waals surface area contributed by atoms with Crippen molar-refractivity contribution in [3.05, 3.63) is 45.8 Å². The zero-order valence-electron chi connectivity index (χ0n) is 13.3. The third-order valence-electron chi connectivity index (χ3n) is 4.39. The second-order valence-corrected chi connectivity index (χ2v) is 7.34. The van der Waals surface area contributed by atoms with Crippen molar-refractivity contribution in [1.82, 2.24) is 14.8 Å². The van der Waals surface area contributed by atoms with Crippen molar-refractivity contribution in [1.29, 1.82) is 0 Å². The molecule has 3 heterocycles. The number of para-hydroxylation sites is 1. The number of halogens is 1. The summed E-state index contributed by atoms with van der Waals surface area (Å²) >= 11 is 7.86. The second kappa shape index (κ2) is 5.75. The third-order valence-corrected chi connectivity index (χ3v) is 5.81. The first-order valence-corrected chi connectivity index (χ1v) is 8.78. The van der Waals surface area contributed by atoms with E-state index in [2.05, 4.69) is 26.9 Å². The number of nitrogens with zero attached hydrogens (tertiary/aromatic N) is 5. The van der Waals surface area contributed by atoms with E-state index in [1.807, 2.05) is 18.2 Å². The van der Waals surface area contributed by atoms with Crippen LogP contribution >= 0.6 is 22.9 Å². The predicted molar refractivity (Wildman–Crippen MR) is 98.5 cm³/mol. The van der Waals surface area contributed by atoms with E-state index >= 15 is 0 Å². The highest BCUT2D eigenvalue weighted by atomic mass is 35.5. The summed E-state index contributed by atoms with van der Waals surface area (Å²) in [7, 11) is 3.70. The van der Waals surface area contributed by atoms with Crippen molar-refractivity contribution in [3.8, 4) is 0 Å². The molecule has 1 saturated heterocycles. The van der Waals surface area contributed by atoms with E-state index in [0.717, 1.165) is 34.1 Å². The molecular formula is C16H16ClN5OS. The third kappa shape index (κ3) is 2.53.